The van der Waals surface area contributed by atoms with Gasteiger partial charge < -0.3 is 4.74 Å². The minimum Gasteiger partial charge on any atom is -0.465 e. The molecule has 2 aromatic heterocycles. The molecule has 4 aromatic rings. The molecule has 0 aliphatic rings. The number of esters is 1. The second-order valence-electron chi connectivity index (χ2n) is 6.50. The molecule has 0 amide bonds. The molecule has 0 saturated carbocycles. The molecule has 0 unspecified atom stereocenters. The predicted molar refractivity (Wildman–Crippen MR) is 112 cm³/mol. The summed E-state index contributed by atoms with van der Waals surface area (Å²) < 4.78 is 34.9. The van der Waals surface area contributed by atoms with Crippen molar-refractivity contribution in [3.8, 4) is 0 Å². The van der Waals surface area contributed by atoms with Crippen molar-refractivity contribution in [1.82, 2.24) is 8.54 Å². The van der Waals surface area contributed by atoms with Gasteiger partial charge in [-0.15, -0.1) is 0 Å². The lowest BCUT2D eigenvalue weighted by Gasteiger charge is -2.08. The summed E-state index contributed by atoms with van der Waals surface area (Å²) in [6.07, 6.45) is 2.08. The average molecular weight is 431 g/mol. The van der Waals surface area contributed by atoms with Gasteiger partial charge in [-0.2, -0.15) is 0 Å². The van der Waals surface area contributed by atoms with Crippen LogP contribution in [-0.2, 0) is 21.3 Å². The lowest BCUT2D eigenvalue weighted by Crippen LogP contribution is -2.13. The van der Waals surface area contributed by atoms with E-state index < -0.39 is 16.0 Å². The Morgan fingerprint density at radius 2 is 1.90 bits per heavy atom. The minimum absolute atomic E-state index is 0.0482. The fourth-order valence-corrected chi connectivity index (χ4v) is 5.80. The molecule has 9 heteroatoms. The maximum atomic E-state index is 13.4. The number of carbonyl (C=O) groups is 1. The van der Waals surface area contributed by atoms with E-state index in [4.69, 9.17) is 4.74 Å². The minimum atomic E-state index is -3.99. The highest BCUT2D eigenvalue weighted by atomic mass is 32.2. The van der Waals surface area contributed by atoms with E-state index in [0.29, 0.717) is 27.7 Å². The Bertz CT molecular complexity index is 1410. The van der Waals surface area contributed by atoms with Gasteiger partial charge in [-0.1, -0.05) is 36.5 Å². The second-order valence-corrected chi connectivity index (χ2v) is 9.31. The number of para-hydroxylation sites is 1. The first-order chi connectivity index (χ1) is 13.9. The van der Waals surface area contributed by atoms with Gasteiger partial charge in [0.2, 0.25) is 0 Å². The highest BCUT2D eigenvalue weighted by Gasteiger charge is 2.24. The smallest absolute Gasteiger partial charge is 0.340 e. The van der Waals surface area contributed by atoms with Crippen molar-refractivity contribution in [3.63, 3.8) is 0 Å². The summed E-state index contributed by atoms with van der Waals surface area (Å²) >= 11 is 1.02. The molecule has 150 valence electrons. The number of hydrogen-bond donors (Lipinski definition) is 0. The van der Waals surface area contributed by atoms with E-state index in [1.54, 1.807) is 34.9 Å². The average Bonchev–Trinajstić information content (AvgIpc) is 3.26. The molecular weight excluding hydrogens is 412 g/mol. The molecule has 0 aliphatic carbocycles. The van der Waals surface area contributed by atoms with Crippen molar-refractivity contribution >= 4 is 48.4 Å². The van der Waals surface area contributed by atoms with Crippen molar-refractivity contribution < 1.29 is 17.9 Å². The fourth-order valence-electron chi connectivity index (χ4n) is 3.38. The lowest BCUT2D eigenvalue weighted by atomic mass is 10.2. The largest absolute Gasteiger partial charge is 0.465 e. The Labute approximate surface area is 170 Å². The quantitative estimate of drug-likeness (QED) is 0.453. The molecule has 0 aliphatic heterocycles. The van der Waals surface area contributed by atoms with Crippen LogP contribution in [0, 0.1) is 0 Å². The summed E-state index contributed by atoms with van der Waals surface area (Å²) in [4.78, 5) is 24.3. The van der Waals surface area contributed by atoms with Crippen LogP contribution in [0.25, 0.3) is 21.1 Å². The first-order valence-electron chi connectivity index (χ1n) is 8.96. The van der Waals surface area contributed by atoms with Gasteiger partial charge in [0.15, 0.2) is 0 Å². The van der Waals surface area contributed by atoms with E-state index in [9.17, 15) is 18.0 Å². The topological polar surface area (TPSA) is 87.4 Å². The first kappa shape index (κ1) is 19.4. The zero-order valence-corrected chi connectivity index (χ0v) is 17.4. The molecule has 4 rings (SSSR count). The Balaban J connectivity index is 1.92. The molecule has 7 nitrogen and oxygen atoms in total. The summed E-state index contributed by atoms with van der Waals surface area (Å²) in [5.74, 6) is -0.611. The van der Waals surface area contributed by atoms with Crippen molar-refractivity contribution in [2.45, 2.75) is 24.8 Å². The first-order valence-corrected chi connectivity index (χ1v) is 11.2. The lowest BCUT2D eigenvalue weighted by molar-refractivity contribution is 0.0603. The van der Waals surface area contributed by atoms with Crippen LogP contribution in [0.3, 0.4) is 0 Å². The van der Waals surface area contributed by atoms with Crippen molar-refractivity contribution in [2.24, 2.45) is 0 Å². The number of benzene rings is 2. The zero-order valence-electron chi connectivity index (χ0n) is 15.8. The van der Waals surface area contributed by atoms with E-state index in [0.717, 1.165) is 21.7 Å². The summed E-state index contributed by atoms with van der Waals surface area (Å²) in [7, 11) is -2.74. The van der Waals surface area contributed by atoms with Crippen LogP contribution in [0.15, 0.2) is 58.4 Å². The molecule has 2 aromatic carbocycles. The normalized spacial score (nSPS) is 11.9. The molecule has 2 heterocycles. The van der Waals surface area contributed by atoms with E-state index in [2.05, 4.69) is 0 Å². The number of nitrogens with zero attached hydrogens (tertiary/aromatic N) is 2. The third-order valence-corrected chi connectivity index (χ3v) is 7.34. The van der Waals surface area contributed by atoms with Gasteiger partial charge in [0.05, 0.1) is 33.3 Å². The van der Waals surface area contributed by atoms with E-state index in [1.807, 2.05) is 6.92 Å². The van der Waals surface area contributed by atoms with Crippen LogP contribution in [0.1, 0.15) is 23.7 Å². The molecule has 0 fully saturated rings. The van der Waals surface area contributed by atoms with Crippen LogP contribution >= 0.6 is 11.3 Å². The van der Waals surface area contributed by atoms with Crippen LogP contribution in [0.2, 0.25) is 0 Å². The second kappa shape index (κ2) is 7.16. The highest BCUT2D eigenvalue weighted by molar-refractivity contribution is 7.90. The van der Waals surface area contributed by atoms with Gasteiger partial charge in [-0.25, -0.2) is 17.2 Å². The van der Waals surface area contributed by atoms with Gasteiger partial charge in [0, 0.05) is 18.1 Å². The fraction of sp³-hybridized carbons (Fsp3) is 0.200. The predicted octanol–water partition coefficient (Wildman–Crippen LogP) is 3.45. The summed E-state index contributed by atoms with van der Waals surface area (Å²) in [5, 5.41) is 0.489. The SMILES string of the molecule is CCCn1c(=O)sc2cc(S(=O)(=O)n3cc(C(=O)OC)c4ccccc43)ccc21. The summed E-state index contributed by atoms with van der Waals surface area (Å²) in [6, 6.07) is 11.4. The number of thiazole rings is 1. The van der Waals surface area contributed by atoms with Crippen LogP contribution in [0.4, 0.5) is 0 Å². The number of hydrogen-bond acceptors (Lipinski definition) is 6. The molecule has 0 spiro atoms. The van der Waals surface area contributed by atoms with Crippen LogP contribution in [-0.4, -0.2) is 30.0 Å². The number of methoxy groups -OCH3 is 1. The van der Waals surface area contributed by atoms with Gasteiger partial charge in [0.1, 0.15) is 0 Å². The molecule has 0 N–H and O–H groups in total. The van der Waals surface area contributed by atoms with Crippen LogP contribution < -0.4 is 4.87 Å². The van der Waals surface area contributed by atoms with E-state index in [-0.39, 0.29) is 15.3 Å². The number of aromatic nitrogens is 2. The molecular formula is C20H18N2O5S2. The molecule has 0 bridgehead atoms. The third kappa shape index (κ3) is 3.06. The molecule has 0 atom stereocenters. The van der Waals surface area contributed by atoms with Gasteiger partial charge in [-0.05, 0) is 30.7 Å². The van der Waals surface area contributed by atoms with Crippen LogP contribution in [0.5, 0.6) is 0 Å². The number of ether oxygens (including phenoxy) is 1. The Hall–Kier alpha value is -2.91. The Kier molecular flexibility index (Phi) is 4.79. The molecule has 0 saturated heterocycles. The molecule has 0 radical (unpaired) electrons. The summed E-state index contributed by atoms with van der Waals surface area (Å²) in [6.45, 7) is 2.56. The monoisotopic (exact) mass is 430 g/mol. The summed E-state index contributed by atoms with van der Waals surface area (Å²) in [5.41, 5.74) is 1.27. The Morgan fingerprint density at radius 3 is 2.62 bits per heavy atom. The van der Waals surface area contributed by atoms with Gasteiger partial charge in [0.25, 0.3) is 10.0 Å². The van der Waals surface area contributed by atoms with Gasteiger partial charge in [-0.3, -0.25) is 9.36 Å². The van der Waals surface area contributed by atoms with E-state index >= 15 is 0 Å². The van der Waals surface area contributed by atoms with E-state index in [1.165, 1.54) is 25.4 Å². The standard InChI is InChI=1S/C20H18N2O5S2/c1-3-10-21-17-9-8-13(11-18(17)28-20(21)24)29(25,26)22-12-15(19(23)27-2)14-6-4-5-7-16(14)22/h4-9,11-12H,3,10H2,1-2H3. The number of carbonyl (C=O) groups excluding carboxylic acids is 1. The van der Waals surface area contributed by atoms with Gasteiger partial charge >= 0.3 is 10.8 Å². The van der Waals surface area contributed by atoms with Crippen molar-refractivity contribution in [2.75, 3.05) is 7.11 Å². The zero-order chi connectivity index (χ0) is 20.8. The third-order valence-electron chi connectivity index (χ3n) is 4.73. The maximum Gasteiger partial charge on any atom is 0.340 e. The van der Waals surface area contributed by atoms with Crippen molar-refractivity contribution in [1.29, 1.82) is 0 Å². The molecule has 29 heavy (non-hydrogen) atoms. The number of fused-ring (bicyclic) bond motifs is 2. The number of rotatable bonds is 5. The maximum absolute atomic E-state index is 13.4. The highest BCUT2D eigenvalue weighted by Crippen LogP contribution is 2.28. The van der Waals surface area contributed by atoms with Crippen molar-refractivity contribution in [3.05, 3.63) is 63.9 Å². The number of aryl methyl sites for hydroxylation is 1. The Morgan fingerprint density at radius 1 is 1.14 bits per heavy atom.